The molecule has 0 amide bonds. The van der Waals surface area contributed by atoms with Crippen LogP contribution in [0.5, 0.6) is 0 Å². The van der Waals surface area contributed by atoms with E-state index in [2.05, 4.69) is 10.5 Å². The lowest BCUT2D eigenvalue weighted by atomic mass is 10.9. The zero-order valence-electron chi connectivity index (χ0n) is 4.00. The fourth-order valence-electron chi connectivity index (χ4n) is 0.309. The molecule has 4 nitrogen and oxygen atoms in total. The van der Waals surface area contributed by atoms with E-state index >= 15 is 0 Å². The van der Waals surface area contributed by atoms with Crippen molar-refractivity contribution in [2.45, 2.75) is 0 Å². The zero-order chi connectivity index (χ0) is 6.85. The maximum absolute atomic E-state index is 9.95. The number of nitrogens with zero attached hydrogens (tertiary/aromatic N) is 2. The molecule has 0 atom stereocenters. The van der Waals surface area contributed by atoms with Crippen LogP contribution in [-0.4, -0.2) is 9.91 Å². The summed E-state index contributed by atoms with van der Waals surface area (Å²) in [6.45, 7) is 0. The molecule has 0 aliphatic rings. The number of aromatic nitrogens is 1. The monoisotopic (exact) mass is 163 g/mol. The summed E-state index contributed by atoms with van der Waals surface area (Å²) in [4.78, 5) is 12.7. The Morgan fingerprint density at radius 2 is 2.56 bits per heavy atom. The van der Waals surface area contributed by atoms with Crippen molar-refractivity contribution in [2.24, 2.45) is 0 Å². The molecule has 0 aliphatic carbocycles. The number of nitro groups is 1. The molecule has 47 valence electrons. The van der Waals surface area contributed by atoms with Crippen LogP contribution in [0.15, 0.2) is 0 Å². The summed E-state index contributed by atoms with van der Waals surface area (Å²) in [5, 5.41) is 9.71. The molecule has 0 aliphatic heterocycles. The third-order valence-electron chi connectivity index (χ3n) is 0.628. The van der Waals surface area contributed by atoms with E-state index in [9.17, 15) is 10.1 Å². The van der Waals surface area contributed by atoms with Crippen LogP contribution in [0, 0.1) is 15.6 Å². The van der Waals surface area contributed by atoms with Gasteiger partial charge >= 0.3 is 5.00 Å². The molecule has 1 heterocycles. The molecule has 9 heavy (non-hydrogen) atoms. The minimum atomic E-state index is -0.587. The first-order chi connectivity index (χ1) is 4.22. The van der Waals surface area contributed by atoms with Crippen molar-refractivity contribution in [2.75, 3.05) is 0 Å². The van der Waals surface area contributed by atoms with Crippen LogP contribution in [0.1, 0.15) is 0 Å². The summed E-state index contributed by atoms with van der Waals surface area (Å²) in [7, 11) is 0. The Balaban J connectivity index is 3.08. The van der Waals surface area contributed by atoms with Crippen molar-refractivity contribution in [3.63, 3.8) is 0 Å². The molecular weight excluding hydrogens is 164 g/mol. The van der Waals surface area contributed by atoms with E-state index in [0.29, 0.717) is 0 Å². The van der Waals surface area contributed by atoms with Gasteiger partial charge in [-0.25, -0.2) is 4.98 Å². The van der Waals surface area contributed by atoms with Gasteiger partial charge in [-0.1, -0.05) is 11.6 Å². The van der Waals surface area contributed by atoms with E-state index < -0.39 is 4.92 Å². The molecule has 0 saturated carbocycles. The molecule has 0 unspecified atom stereocenters. The number of thiazole rings is 1. The lowest BCUT2D eigenvalue weighted by Crippen LogP contribution is -1.82. The molecule has 1 rings (SSSR count). The summed E-state index contributed by atoms with van der Waals surface area (Å²) in [5.41, 5.74) is 2.30. The second-order valence-electron chi connectivity index (χ2n) is 1.16. The van der Waals surface area contributed by atoms with Gasteiger partial charge in [0, 0.05) is 0 Å². The molecule has 0 spiro atoms. The molecule has 1 aromatic rings. The fraction of sp³-hybridized carbons (Fsp3) is 0. The summed E-state index contributed by atoms with van der Waals surface area (Å²) in [5.74, 6) is 0. The van der Waals surface area contributed by atoms with Gasteiger partial charge in [0.05, 0.1) is 4.92 Å². The molecule has 0 aromatic carbocycles. The van der Waals surface area contributed by atoms with Gasteiger partial charge in [-0.2, -0.15) is 0 Å². The highest BCUT2D eigenvalue weighted by Gasteiger charge is 2.14. The third kappa shape index (κ3) is 1.17. The summed E-state index contributed by atoms with van der Waals surface area (Å²) in [6.07, 6.45) is 0. The van der Waals surface area contributed by atoms with Crippen LogP contribution in [-0.2, 0) is 0 Å². The Hall–Kier alpha value is -0.680. The first-order valence-corrected chi connectivity index (χ1v) is 3.08. The molecule has 1 aromatic heterocycles. The van der Waals surface area contributed by atoms with Crippen LogP contribution in [0.25, 0.3) is 0 Å². The highest BCUT2D eigenvalue weighted by molar-refractivity contribution is 7.13. The highest BCUT2D eigenvalue weighted by atomic mass is 35.5. The molecule has 0 bridgehead atoms. The first-order valence-electron chi connectivity index (χ1n) is 1.88. The Morgan fingerprint density at radius 1 is 1.89 bits per heavy atom. The van der Waals surface area contributed by atoms with Gasteiger partial charge in [-0.05, 0) is 11.3 Å². The number of hydrogen-bond donors (Lipinski definition) is 0. The maximum Gasteiger partial charge on any atom is 0.363 e. The molecule has 0 N–H and O–H groups in total. The molecule has 0 saturated heterocycles. The van der Waals surface area contributed by atoms with Crippen LogP contribution < -0.4 is 0 Å². The van der Waals surface area contributed by atoms with Gasteiger partial charge in [-0.3, -0.25) is 10.1 Å². The van der Waals surface area contributed by atoms with Gasteiger partial charge in [0.2, 0.25) is 5.15 Å². The molecule has 1 radical (unpaired) electrons. The van der Waals surface area contributed by atoms with Gasteiger partial charge in [0.1, 0.15) is 0 Å². The molecule has 0 fully saturated rings. The van der Waals surface area contributed by atoms with E-state index in [1.54, 1.807) is 0 Å². The van der Waals surface area contributed by atoms with Crippen molar-refractivity contribution in [1.82, 2.24) is 4.98 Å². The zero-order valence-corrected chi connectivity index (χ0v) is 5.57. The van der Waals surface area contributed by atoms with Crippen LogP contribution in [0.2, 0.25) is 5.15 Å². The predicted octanol–water partition coefficient (Wildman–Crippen LogP) is 1.50. The van der Waals surface area contributed by atoms with Crippen molar-refractivity contribution < 1.29 is 4.92 Å². The van der Waals surface area contributed by atoms with E-state index in [4.69, 9.17) is 11.6 Å². The number of halogens is 1. The third-order valence-corrected chi connectivity index (χ3v) is 1.72. The minimum absolute atomic E-state index is 0.0926. The van der Waals surface area contributed by atoms with Gasteiger partial charge in [-0.15, -0.1) is 0 Å². The highest BCUT2D eigenvalue weighted by Crippen LogP contribution is 2.25. The Kier molecular flexibility index (Phi) is 1.63. The van der Waals surface area contributed by atoms with Crippen molar-refractivity contribution in [3.05, 3.63) is 20.8 Å². The minimum Gasteiger partial charge on any atom is -0.257 e. The largest absolute Gasteiger partial charge is 0.363 e. The second-order valence-corrected chi connectivity index (χ2v) is 2.29. The van der Waals surface area contributed by atoms with Crippen LogP contribution >= 0.6 is 22.9 Å². The average molecular weight is 164 g/mol. The van der Waals surface area contributed by atoms with Crippen molar-refractivity contribution in [1.29, 1.82) is 0 Å². The predicted molar refractivity (Wildman–Crippen MR) is 32.6 cm³/mol. The van der Waals surface area contributed by atoms with Crippen molar-refractivity contribution in [3.8, 4) is 0 Å². The summed E-state index contributed by atoms with van der Waals surface area (Å²) < 4.78 is 0. The van der Waals surface area contributed by atoms with E-state index in [-0.39, 0.29) is 10.2 Å². The van der Waals surface area contributed by atoms with Crippen LogP contribution in [0.3, 0.4) is 0 Å². The van der Waals surface area contributed by atoms with E-state index in [1.165, 1.54) is 0 Å². The lowest BCUT2D eigenvalue weighted by molar-refractivity contribution is -0.380. The van der Waals surface area contributed by atoms with Crippen molar-refractivity contribution >= 4 is 27.9 Å². The maximum atomic E-state index is 9.95. The number of rotatable bonds is 1. The van der Waals surface area contributed by atoms with Gasteiger partial charge in [0.15, 0.2) is 5.51 Å². The standard InChI is InChI=1S/C3ClN2O2S/c4-2-3(6(7)8)9-1-5-2. The fourth-order valence-corrected chi connectivity index (χ4v) is 1.01. The second kappa shape index (κ2) is 2.28. The van der Waals surface area contributed by atoms with E-state index in [1.807, 2.05) is 0 Å². The normalized spacial score (nSPS) is 9.44. The summed E-state index contributed by atoms with van der Waals surface area (Å²) in [6, 6.07) is 0. The SMILES string of the molecule is O=[N+]([O-])c1s[c]nc1Cl. The lowest BCUT2D eigenvalue weighted by Gasteiger charge is -1.79. The molecular formula is C3ClN2O2S. The Bertz CT molecular complexity index is 235. The molecule has 6 heteroatoms. The first kappa shape index (κ1) is 6.44. The van der Waals surface area contributed by atoms with Gasteiger partial charge in [0.25, 0.3) is 0 Å². The summed E-state index contributed by atoms with van der Waals surface area (Å²) >= 11 is 6.05. The Labute approximate surface area is 59.2 Å². The van der Waals surface area contributed by atoms with Gasteiger partial charge < -0.3 is 0 Å². The smallest absolute Gasteiger partial charge is 0.257 e. The Morgan fingerprint density at radius 3 is 2.78 bits per heavy atom. The quantitative estimate of drug-likeness (QED) is 0.466. The van der Waals surface area contributed by atoms with E-state index in [0.717, 1.165) is 11.3 Å². The van der Waals surface area contributed by atoms with Crippen LogP contribution in [0.4, 0.5) is 5.00 Å². The number of hydrogen-bond acceptors (Lipinski definition) is 4. The average Bonchev–Trinajstić information content (AvgIpc) is 2.13. The topological polar surface area (TPSA) is 56.0 Å².